The molecule has 2 aromatic rings. The number of aliphatic hydroxyl groups excluding tert-OH is 1. The number of methoxy groups -OCH3 is 1. The number of rotatable bonds is 4. The van der Waals surface area contributed by atoms with Crippen LogP contribution in [0.15, 0.2) is 48.5 Å². The van der Waals surface area contributed by atoms with Gasteiger partial charge in [-0.3, -0.25) is 4.79 Å². The Kier molecular flexibility index (Phi) is 4.20. The summed E-state index contributed by atoms with van der Waals surface area (Å²) in [6.07, 6.45) is -1.19. The molecular weight excluding hydrogens is 264 g/mol. The van der Waals surface area contributed by atoms with Gasteiger partial charge in [0.25, 0.3) is 0 Å². The van der Waals surface area contributed by atoms with Crippen LogP contribution >= 0.6 is 11.6 Å². The van der Waals surface area contributed by atoms with E-state index in [9.17, 15) is 9.90 Å². The molecule has 0 spiro atoms. The lowest BCUT2D eigenvalue weighted by Crippen LogP contribution is -2.12. The van der Waals surface area contributed by atoms with Gasteiger partial charge in [0, 0.05) is 10.6 Å². The van der Waals surface area contributed by atoms with Crippen molar-refractivity contribution in [2.45, 2.75) is 6.10 Å². The highest BCUT2D eigenvalue weighted by molar-refractivity contribution is 6.30. The maximum absolute atomic E-state index is 12.1. The van der Waals surface area contributed by atoms with E-state index in [1.54, 1.807) is 55.6 Å². The summed E-state index contributed by atoms with van der Waals surface area (Å²) >= 11 is 5.77. The Morgan fingerprint density at radius 1 is 1.11 bits per heavy atom. The van der Waals surface area contributed by atoms with Crippen LogP contribution in [0.4, 0.5) is 0 Å². The fourth-order valence-electron chi connectivity index (χ4n) is 1.71. The van der Waals surface area contributed by atoms with Gasteiger partial charge in [0.05, 0.1) is 7.11 Å². The van der Waals surface area contributed by atoms with Crippen molar-refractivity contribution >= 4 is 17.4 Å². The minimum absolute atomic E-state index is 0.357. The van der Waals surface area contributed by atoms with Gasteiger partial charge < -0.3 is 9.84 Å². The Hall–Kier alpha value is -1.84. The summed E-state index contributed by atoms with van der Waals surface area (Å²) < 4.78 is 5.02. The molecule has 0 amide bonds. The topological polar surface area (TPSA) is 46.5 Å². The third-order valence-electron chi connectivity index (χ3n) is 2.81. The minimum atomic E-state index is -1.19. The fraction of sp³-hybridized carbons (Fsp3) is 0.133. The Labute approximate surface area is 116 Å². The highest BCUT2D eigenvalue weighted by Gasteiger charge is 2.19. The van der Waals surface area contributed by atoms with Crippen LogP contribution in [0.3, 0.4) is 0 Å². The van der Waals surface area contributed by atoms with Crippen LogP contribution in [0.2, 0.25) is 5.02 Å². The molecule has 0 aliphatic rings. The van der Waals surface area contributed by atoms with E-state index in [2.05, 4.69) is 0 Å². The molecule has 1 atom stereocenters. The molecule has 0 heterocycles. The van der Waals surface area contributed by atoms with Crippen LogP contribution in [-0.2, 0) is 0 Å². The number of carbonyl (C=O) groups excluding carboxylic acids is 1. The molecule has 0 aromatic heterocycles. The quantitative estimate of drug-likeness (QED) is 0.872. The molecule has 0 aliphatic heterocycles. The standard InChI is InChI=1S/C15H13ClO3/c1-19-13-8-4-11(5-9-13)15(18)14(17)10-2-6-12(16)7-3-10/h2-9,14,17H,1H3. The summed E-state index contributed by atoms with van der Waals surface area (Å²) in [5.41, 5.74) is 0.952. The van der Waals surface area contributed by atoms with Crippen molar-refractivity contribution in [1.82, 2.24) is 0 Å². The molecule has 1 N–H and O–H groups in total. The largest absolute Gasteiger partial charge is 0.497 e. The van der Waals surface area contributed by atoms with Crippen molar-refractivity contribution < 1.29 is 14.6 Å². The number of benzene rings is 2. The third-order valence-corrected chi connectivity index (χ3v) is 3.06. The summed E-state index contributed by atoms with van der Waals surface area (Å²) in [5, 5.41) is 10.6. The van der Waals surface area contributed by atoms with Gasteiger partial charge in [-0.25, -0.2) is 0 Å². The zero-order valence-corrected chi connectivity index (χ0v) is 11.1. The molecule has 4 heteroatoms. The van der Waals surface area contributed by atoms with E-state index >= 15 is 0 Å². The van der Waals surface area contributed by atoms with Crippen LogP contribution in [0, 0.1) is 0 Å². The number of hydrogen-bond acceptors (Lipinski definition) is 3. The van der Waals surface area contributed by atoms with Crippen molar-refractivity contribution in [2.24, 2.45) is 0 Å². The SMILES string of the molecule is COc1ccc(C(=O)C(O)c2ccc(Cl)cc2)cc1. The summed E-state index contributed by atoms with van der Waals surface area (Å²) in [4.78, 5) is 12.1. The van der Waals surface area contributed by atoms with E-state index in [0.29, 0.717) is 21.9 Å². The Bertz CT molecular complexity index is 561. The highest BCUT2D eigenvalue weighted by Crippen LogP contribution is 2.21. The summed E-state index contributed by atoms with van der Waals surface area (Å²) in [6.45, 7) is 0. The zero-order chi connectivity index (χ0) is 13.8. The first-order chi connectivity index (χ1) is 9.11. The average molecular weight is 277 g/mol. The second-order valence-electron chi connectivity index (χ2n) is 4.05. The van der Waals surface area contributed by atoms with Gasteiger partial charge in [-0.15, -0.1) is 0 Å². The first-order valence-electron chi connectivity index (χ1n) is 5.73. The summed E-state index contributed by atoms with van der Waals surface area (Å²) in [7, 11) is 1.55. The second-order valence-corrected chi connectivity index (χ2v) is 4.48. The van der Waals surface area contributed by atoms with Crippen LogP contribution in [0.5, 0.6) is 5.75 Å². The number of ketones is 1. The monoisotopic (exact) mass is 276 g/mol. The number of hydrogen-bond donors (Lipinski definition) is 1. The predicted molar refractivity (Wildman–Crippen MR) is 73.7 cm³/mol. The zero-order valence-electron chi connectivity index (χ0n) is 10.3. The predicted octanol–water partition coefficient (Wildman–Crippen LogP) is 3.26. The van der Waals surface area contributed by atoms with Gasteiger partial charge in [0.2, 0.25) is 0 Å². The molecule has 0 saturated carbocycles. The van der Waals surface area contributed by atoms with Gasteiger partial charge in [0.15, 0.2) is 5.78 Å². The maximum atomic E-state index is 12.1. The Balaban J connectivity index is 2.20. The van der Waals surface area contributed by atoms with E-state index in [1.807, 2.05) is 0 Å². The van der Waals surface area contributed by atoms with Gasteiger partial charge in [0.1, 0.15) is 11.9 Å². The fourth-order valence-corrected chi connectivity index (χ4v) is 1.84. The van der Waals surface area contributed by atoms with Gasteiger partial charge in [-0.2, -0.15) is 0 Å². The molecule has 2 rings (SSSR count). The number of aliphatic hydroxyl groups is 1. The molecular formula is C15H13ClO3. The second kappa shape index (κ2) is 5.87. The van der Waals surface area contributed by atoms with Crippen molar-refractivity contribution in [3.8, 4) is 5.75 Å². The van der Waals surface area contributed by atoms with E-state index in [0.717, 1.165) is 0 Å². The highest BCUT2D eigenvalue weighted by atomic mass is 35.5. The number of Topliss-reactive ketones (excluding diaryl/α,β-unsaturated/α-hetero) is 1. The lowest BCUT2D eigenvalue weighted by molar-refractivity contribution is 0.0747. The summed E-state index contributed by atoms with van der Waals surface area (Å²) in [6, 6.07) is 13.2. The molecule has 0 bridgehead atoms. The van der Waals surface area contributed by atoms with Crippen molar-refractivity contribution in [3.63, 3.8) is 0 Å². The molecule has 3 nitrogen and oxygen atoms in total. The van der Waals surface area contributed by atoms with Crippen molar-refractivity contribution in [1.29, 1.82) is 0 Å². The van der Waals surface area contributed by atoms with Crippen LogP contribution in [0.1, 0.15) is 22.0 Å². The summed E-state index contributed by atoms with van der Waals surface area (Å²) in [5.74, 6) is 0.308. The normalized spacial score (nSPS) is 11.9. The molecule has 2 aromatic carbocycles. The average Bonchev–Trinajstić information content (AvgIpc) is 2.46. The van der Waals surface area contributed by atoms with Crippen LogP contribution in [-0.4, -0.2) is 18.0 Å². The lowest BCUT2D eigenvalue weighted by Gasteiger charge is -2.10. The molecule has 1 unspecified atom stereocenters. The maximum Gasteiger partial charge on any atom is 0.195 e. The van der Waals surface area contributed by atoms with Gasteiger partial charge in [-0.1, -0.05) is 23.7 Å². The van der Waals surface area contributed by atoms with Crippen LogP contribution < -0.4 is 4.74 Å². The number of carbonyl (C=O) groups is 1. The lowest BCUT2D eigenvalue weighted by atomic mass is 10.00. The smallest absolute Gasteiger partial charge is 0.195 e. The first kappa shape index (κ1) is 13.6. The number of halogens is 1. The Morgan fingerprint density at radius 3 is 2.21 bits per heavy atom. The molecule has 0 aliphatic carbocycles. The molecule has 19 heavy (non-hydrogen) atoms. The minimum Gasteiger partial charge on any atom is -0.497 e. The van der Waals surface area contributed by atoms with Crippen LogP contribution in [0.25, 0.3) is 0 Å². The van der Waals surface area contributed by atoms with E-state index in [4.69, 9.17) is 16.3 Å². The van der Waals surface area contributed by atoms with Crippen molar-refractivity contribution in [3.05, 3.63) is 64.7 Å². The molecule has 98 valence electrons. The Morgan fingerprint density at radius 2 is 1.68 bits per heavy atom. The molecule has 0 saturated heterocycles. The molecule has 0 radical (unpaired) electrons. The first-order valence-corrected chi connectivity index (χ1v) is 6.11. The van der Waals surface area contributed by atoms with E-state index < -0.39 is 6.10 Å². The van der Waals surface area contributed by atoms with Crippen molar-refractivity contribution in [2.75, 3.05) is 7.11 Å². The van der Waals surface area contributed by atoms with E-state index in [-0.39, 0.29) is 5.78 Å². The van der Waals surface area contributed by atoms with Gasteiger partial charge in [-0.05, 0) is 42.0 Å². The van der Waals surface area contributed by atoms with E-state index in [1.165, 1.54) is 0 Å². The number of ether oxygens (including phenoxy) is 1. The van der Waals surface area contributed by atoms with Gasteiger partial charge >= 0.3 is 0 Å². The third kappa shape index (κ3) is 3.13. The molecule has 0 fully saturated rings.